The number of morpholine rings is 1. The first kappa shape index (κ1) is 12.3. The number of nitrogens with one attached hydrogen (secondary N) is 1. The summed E-state index contributed by atoms with van der Waals surface area (Å²) in [5.41, 5.74) is 2.22. The standard InChI is InChI=1S/C13H21N3O/c1-10-9-17-11(2)7-16(10)8-13-6-12(14-3)4-5-15-13/h4-6,10-11H,7-9H2,1-3H3,(H,14,15). The van der Waals surface area contributed by atoms with E-state index in [9.17, 15) is 0 Å². The molecular formula is C13H21N3O. The summed E-state index contributed by atoms with van der Waals surface area (Å²) in [6.45, 7) is 7.01. The molecule has 0 aromatic carbocycles. The molecule has 94 valence electrons. The first-order chi connectivity index (χ1) is 8.19. The maximum atomic E-state index is 5.63. The molecule has 0 saturated carbocycles. The van der Waals surface area contributed by atoms with E-state index in [-0.39, 0.29) is 0 Å². The summed E-state index contributed by atoms with van der Waals surface area (Å²) < 4.78 is 5.63. The summed E-state index contributed by atoms with van der Waals surface area (Å²) in [5.74, 6) is 0. The van der Waals surface area contributed by atoms with Crippen LogP contribution in [0.1, 0.15) is 19.5 Å². The minimum atomic E-state index is 0.318. The van der Waals surface area contributed by atoms with Crippen molar-refractivity contribution in [1.82, 2.24) is 9.88 Å². The lowest BCUT2D eigenvalue weighted by Gasteiger charge is -2.36. The Balaban J connectivity index is 2.03. The quantitative estimate of drug-likeness (QED) is 0.866. The highest BCUT2D eigenvalue weighted by atomic mass is 16.5. The topological polar surface area (TPSA) is 37.4 Å². The van der Waals surface area contributed by atoms with E-state index in [2.05, 4.69) is 35.1 Å². The summed E-state index contributed by atoms with van der Waals surface area (Å²) >= 11 is 0. The smallest absolute Gasteiger partial charge is 0.0674 e. The predicted octanol–water partition coefficient (Wildman–Crippen LogP) is 1.73. The normalized spacial score (nSPS) is 25.8. The number of hydrogen-bond donors (Lipinski definition) is 1. The van der Waals surface area contributed by atoms with Crippen molar-refractivity contribution in [3.63, 3.8) is 0 Å². The number of pyridine rings is 1. The van der Waals surface area contributed by atoms with E-state index in [1.807, 2.05) is 19.3 Å². The molecule has 0 spiro atoms. The first-order valence-corrected chi connectivity index (χ1v) is 6.17. The van der Waals surface area contributed by atoms with E-state index in [1.54, 1.807) is 0 Å². The van der Waals surface area contributed by atoms with Gasteiger partial charge in [0.2, 0.25) is 0 Å². The number of nitrogens with zero attached hydrogens (tertiary/aromatic N) is 2. The van der Waals surface area contributed by atoms with Crippen molar-refractivity contribution < 1.29 is 4.74 Å². The third-order valence-corrected chi connectivity index (χ3v) is 3.21. The SMILES string of the molecule is CNc1ccnc(CN2CC(C)OCC2C)c1. The fourth-order valence-corrected chi connectivity index (χ4v) is 2.12. The van der Waals surface area contributed by atoms with Gasteiger partial charge in [0, 0.05) is 38.1 Å². The molecule has 1 N–H and O–H groups in total. The van der Waals surface area contributed by atoms with Gasteiger partial charge in [-0.3, -0.25) is 9.88 Å². The van der Waals surface area contributed by atoms with Gasteiger partial charge >= 0.3 is 0 Å². The second-order valence-electron chi connectivity index (χ2n) is 4.71. The van der Waals surface area contributed by atoms with Crippen LogP contribution in [0, 0.1) is 0 Å². The van der Waals surface area contributed by atoms with Crippen LogP contribution in [0.2, 0.25) is 0 Å². The highest BCUT2D eigenvalue weighted by molar-refractivity contribution is 5.42. The highest BCUT2D eigenvalue weighted by Gasteiger charge is 2.23. The van der Waals surface area contributed by atoms with Gasteiger partial charge in [0.05, 0.1) is 18.4 Å². The molecule has 1 aromatic rings. The van der Waals surface area contributed by atoms with Crippen LogP contribution in [0.25, 0.3) is 0 Å². The average molecular weight is 235 g/mol. The van der Waals surface area contributed by atoms with Crippen LogP contribution < -0.4 is 5.32 Å². The summed E-state index contributed by atoms with van der Waals surface area (Å²) in [7, 11) is 1.93. The Bertz CT molecular complexity index is 369. The van der Waals surface area contributed by atoms with Crippen LogP contribution in [0.5, 0.6) is 0 Å². The molecule has 1 saturated heterocycles. The van der Waals surface area contributed by atoms with E-state index in [0.717, 1.165) is 31.1 Å². The van der Waals surface area contributed by atoms with Crippen molar-refractivity contribution >= 4 is 5.69 Å². The summed E-state index contributed by atoms with van der Waals surface area (Å²) in [6, 6.07) is 4.55. The monoisotopic (exact) mass is 235 g/mol. The van der Waals surface area contributed by atoms with E-state index in [0.29, 0.717) is 12.1 Å². The first-order valence-electron chi connectivity index (χ1n) is 6.17. The molecule has 0 bridgehead atoms. The zero-order valence-electron chi connectivity index (χ0n) is 10.8. The molecule has 1 fully saturated rings. The molecule has 1 aromatic heterocycles. The van der Waals surface area contributed by atoms with Crippen molar-refractivity contribution in [2.75, 3.05) is 25.5 Å². The molecule has 2 atom stereocenters. The highest BCUT2D eigenvalue weighted by Crippen LogP contribution is 2.15. The lowest BCUT2D eigenvalue weighted by Crippen LogP contribution is -2.46. The molecule has 2 heterocycles. The lowest BCUT2D eigenvalue weighted by molar-refractivity contribution is -0.0530. The number of rotatable bonds is 3. The Labute approximate surface area is 103 Å². The van der Waals surface area contributed by atoms with Crippen molar-refractivity contribution in [2.45, 2.75) is 32.5 Å². The Hall–Kier alpha value is -1.13. The van der Waals surface area contributed by atoms with Crippen molar-refractivity contribution in [3.8, 4) is 0 Å². The van der Waals surface area contributed by atoms with Crippen LogP contribution >= 0.6 is 0 Å². The van der Waals surface area contributed by atoms with Crippen molar-refractivity contribution in [3.05, 3.63) is 24.0 Å². The van der Waals surface area contributed by atoms with Gasteiger partial charge in [-0.2, -0.15) is 0 Å². The number of hydrogen-bond acceptors (Lipinski definition) is 4. The maximum Gasteiger partial charge on any atom is 0.0674 e. The molecule has 2 unspecified atom stereocenters. The molecule has 0 aliphatic carbocycles. The zero-order valence-corrected chi connectivity index (χ0v) is 10.8. The number of anilines is 1. The molecule has 1 aliphatic heterocycles. The molecule has 0 radical (unpaired) electrons. The molecular weight excluding hydrogens is 214 g/mol. The van der Waals surface area contributed by atoms with Gasteiger partial charge in [0.1, 0.15) is 0 Å². The Kier molecular flexibility index (Phi) is 3.97. The van der Waals surface area contributed by atoms with Gasteiger partial charge in [-0.1, -0.05) is 0 Å². The van der Waals surface area contributed by atoms with Gasteiger partial charge in [0.25, 0.3) is 0 Å². The summed E-state index contributed by atoms with van der Waals surface area (Å²) in [4.78, 5) is 6.84. The summed E-state index contributed by atoms with van der Waals surface area (Å²) in [5, 5.41) is 3.14. The Morgan fingerprint density at radius 3 is 3.12 bits per heavy atom. The van der Waals surface area contributed by atoms with Crippen LogP contribution in [-0.2, 0) is 11.3 Å². The minimum Gasteiger partial charge on any atom is -0.388 e. The third-order valence-electron chi connectivity index (χ3n) is 3.21. The third kappa shape index (κ3) is 3.17. The van der Waals surface area contributed by atoms with Gasteiger partial charge in [-0.25, -0.2) is 0 Å². The van der Waals surface area contributed by atoms with Crippen LogP contribution in [-0.4, -0.2) is 42.2 Å². The molecule has 17 heavy (non-hydrogen) atoms. The van der Waals surface area contributed by atoms with Crippen LogP contribution in [0.4, 0.5) is 5.69 Å². The number of ether oxygens (including phenoxy) is 1. The van der Waals surface area contributed by atoms with Gasteiger partial charge in [-0.15, -0.1) is 0 Å². The van der Waals surface area contributed by atoms with E-state index >= 15 is 0 Å². The molecule has 2 rings (SSSR count). The van der Waals surface area contributed by atoms with Crippen LogP contribution in [0.3, 0.4) is 0 Å². The summed E-state index contributed by atoms with van der Waals surface area (Å²) in [6.07, 6.45) is 2.18. The minimum absolute atomic E-state index is 0.318. The zero-order chi connectivity index (χ0) is 12.3. The molecule has 4 nitrogen and oxygen atoms in total. The van der Waals surface area contributed by atoms with Gasteiger partial charge < -0.3 is 10.1 Å². The van der Waals surface area contributed by atoms with Gasteiger partial charge in [-0.05, 0) is 26.0 Å². The lowest BCUT2D eigenvalue weighted by atomic mass is 10.2. The second kappa shape index (κ2) is 5.47. The van der Waals surface area contributed by atoms with Crippen molar-refractivity contribution in [2.24, 2.45) is 0 Å². The predicted molar refractivity (Wildman–Crippen MR) is 69.1 cm³/mol. The second-order valence-corrected chi connectivity index (χ2v) is 4.71. The fraction of sp³-hybridized carbons (Fsp3) is 0.615. The maximum absolute atomic E-state index is 5.63. The molecule has 0 amide bonds. The number of aromatic nitrogens is 1. The average Bonchev–Trinajstić information content (AvgIpc) is 2.34. The van der Waals surface area contributed by atoms with E-state index < -0.39 is 0 Å². The Morgan fingerprint density at radius 2 is 2.35 bits per heavy atom. The fourth-order valence-electron chi connectivity index (χ4n) is 2.12. The molecule has 1 aliphatic rings. The molecule has 4 heteroatoms. The van der Waals surface area contributed by atoms with Crippen molar-refractivity contribution in [1.29, 1.82) is 0 Å². The van der Waals surface area contributed by atoms with E-state index in [1.165, 1.54) is 0 Å². The van der Waals surface area contributed by atoms with Gasteiger partial charge in [0.15, 0.2) is 0 Å². The van der Waals surface area contributed by atoms with E-state index in [4.69, 9.17) is 4.74 Å². The largest absolute Gasteiger partial charge is 0.388 e. The Morgan fingerprint density at radius 1 is 1.53 bits per heavy atom. The van der Waals surface area contributed by atoms with Crippen LogP contribution in [0.15, 0.2) is 18.3 Å².